The third-order valence-electron chi connectivity index (χ3n) is 3.13. The van der Waals surface area contributed by atoms with Gasteiger partial charge in [-0.05, 0) is 6.08 Å². The van der Waals surface area contributed by atoms with E-state index in [1.165, 1.54) is 16.2 Å². The summed E-state index contributed by atoms with van der Waals surface area (Å²) in [7, 11) is -4.74. The number of urea groups is 1. The molecule has 0 radical (unpaired) electrons. The van der Waals surface area contributed by atoms with Crippen molar-refractivity contribution in [2.45, 2.75) is 12.6 Å². The number of nitrogens with zero attached hydrogens (tertiary/aromatic N) is 3. The quantitative estimate of drug-likeness (QED) is 0.734. The Morgan fingerprint density at radius 2 is 2.33 bits per heavy atom. The molecule has 2 aliphatic rings. The van der Waals surface area contributed by atoms with Crippen LogP contribution < -0.4 is 5.73 Å². The minimum absolute atomic E-state index is 0.299. The third kappa shape index (κ3) is 2.78. The molecule has 21 heavy (non-hydrogen) atoms. The molecule has 11 heteroatoms. The van der Waals surface area contributed by atoms with Gasteiger partial charge in [0.05, 0.1) is 12.6 Å². The van der Waals surface area contributed by atoms with Gasteiger partial charge in [-0.3, -0.25) is 4.55 Å². The lowest BCUT2D eigenvalue weighted by Gasteiger charge is -2.19. The van der Waals surface area contributed by atoms with Crippen molar-refractivity contribution in [1.29, 1.82) is 0 Å². The fraction of sp³-hybridized carbons (Fsp3) is 0.400. The number of hydrogen-bond donors (Lipinski definition) is 2. The maximum absolute atomic E-state index is 12.0. The Balaban J connectivity index is 1.88. The Morgan fingerprint density at radius 3 is 2.95 bits per heavy atom. The monoisotopic (exact) mass is 332 g/mol. The zero-order valence-electron chi connectivity index (χ0n) is 10.7. The first kappa shape index (κ1) is 14.4. The van der Waals surface area contributed by atoms with Crippen LogP contribution >= 0.6 is 11.3 Å². The molecule has 3 rings (SSSR count). The van der Waals surface area contributed by atoms with Crippen LogP contribution in [0.25, 0.3) is 5.57 Å². The lowest BCUT2D eigenvalue weighted by Crippen LogP contribution is -2.35. The molecular weight excluding hydrogens is 320 g/mol. The molecular formula is C10H12N4O5S2. The SMILES string of the molecule is NCc1cnc(C2=CC3CN(C2)C(=O)N3OS(=O)(=O)O)s1. The second-order valence-electron chi connectivity index (χ2n) is 4.59. The van der Waals surface area contributed by atoms with E-state index < -0.39 is 22.5 Å². The minimum atomic E-state index is -4.74. The van der Waals surface area contributed by atoms with Gasteiger partial charge in [-0.1, -0.05) is 0 Å². The van der Waals surface area contributed by atoms with E-state index in [0.717, 1.165) is 15.5 Å². The Morgan fingerprint density at radius 1 is 1.57 bits per heavy atom. The molecule has 3 N–H and O–H groups in total. The number of carbonyl (C=O) groups excluding carboxylic acids is 1. The number of carbonyl (C=O) groups is 1. The smallest absolute Gasteiger partial charge is 0.326 e. The minimum Gasteiger partial charge on any atom is -0.326 e. The molecule has 3 heterocycles. The van der Waals surface area contributed by atoms with Gasteiger partial charge in [-0.2, -0.15) is 13.5 Å². The summed E-state index contributed by atoms with van der Waals surface area (Å²) in [4.78, 5) is 18.6. The third-order valence-corrected chi connectivity index (χ3v) is 4.57. The van der Waals surface area contributed by atoms with Crippen molar-refractivity contribution in [3.05, 3.63) is 22.2 Å². The standard InChI is InChI=1S/C10H12N4O5S2/c11-2-8-3-12-9(20-8)6-1-7-5-13(4-6)10(15)14(7)19-21(16,17)18/h1,3,7H,2,4-5,11H2,(H,16,17,18). The van der Waals surface area contributed by atoms with E-state index in [1.54, 1.807) is 12.3 Å². The van der Waals surface area contributed by atoms with E-state index in [2.05, 4.69) is 9.27 Å². The predicted molar refractivity (Wildman–Crippen MR) is 73.2 cm³/mol. The van der Waals surface area contributed by atoms with Gasteiger partial charge in [-0.15, -0.1) is 15.6 Å². The van der Waals surface area contributed by atoms with Crippen LogP contribution in [0.2, 0.25) is 0 Å². The van der Waals surface area contributed by atoms with Crippen LogP contribution in [-0.2, 0) is 21.2 Å². The fourth-order valence-corrected chi connectivity index (χ4v) is 3.46. The van der Waals surface area contributed by atoms with Crippen LogP contribution in [0.15, 0.2) is 12.3 Å². The van der Waals surface area contributed by atoms with Crippen molar-refractivity contribution in [2.75, 3.05) is 13.1 Å². The molecule has 2 aliphatic heterocycles. The van der Waals surface area contributed by atoms with Gasteiger partial charge in [0.25, 0.3) is 0 Å². The van der Waals surface area contributed by atoms with Crippen LogP contribution in [0.5, 0.6) is 0 Å². The topological polar surface area (TPSA) is 126 Å². The van der Waals surface area contributed by atoms with E-state index in [4.69, 9.17) is 10.3 Å². The highest BCUT2D eigenvalue weighted by Gasteiger charge is 2.43. The Hall–Kier alpha value is -1.53. The molecule has 0 saturated carbocycles. The van der Waals surface area contributed by atoms with Crippen LogP contribution in [0, 0.1) is 0 Å². The lowest BCUT2D eigenvalue weighted by molar-refractivity contribution is -0.0183. The molecule has 1 aromatic rings. The lowest BCUT2D eigenvalue weighted by atomic mass is 10.1. The average molecular weight is 332 g/mol. The van der Waals surface area contributed by atoms with Gasteiger partial charge < -0.3 is 10.6 Å². The van der Waals surface area contributed by atoms with Crippen molar-refractivity contribution in [3.63, 3.8) is 0 Å². The Labute approximate surface area is 124 Å². The number of aromatic nitrogens is 1. The molecule has 0 aliphatic carbocycles. The van der Waals surface area contributed by atoms with Crippen LogP contribution in [0.3, 0.4) is 0 Å². The highest BCUT2D eigenvalue weighted by Crippen LogP contribution is 2.31. The highest BCUT2D eigenvalue weighted by atomic mass is 32.3. The Kier molecular flexibility index (Phi) is 3.45. The molecule has 0 spiro atoms. The van der Waals surface area contributed by atoms with Crippen molar-refractivity contribution < 1.29 is 22.0 Å². The number of rotatable bonds is 4. The second-order valence-corrected chi connectivity index (χ2v) is 6.71. The van der Waals surface area contributed by atoms with Crippen molar-refractivity contribution in [3.8, 4) is 0 Å². The van der Waals surface area contributed by atoms with Gasteiger partial charge in [0.1, 0.15) is 5.01 Å². The van der Waals surface area contributed by atoms with Crippen LogP contribution in [0.4, 0.5) is 4.79 Å². The van der Waals surface area contributed by atoms with E-state index in [-0.39, 0.29) is 0 Å². The zero-order chi connectivity index (χ0) is 15.2. The van der Waals surface area contributed by atoms with E-state index in [0.29, 0.717) is 24.7 Å². The van der Waals surface area contributed by atoms with Crippen molar-refractivity contribution in [1.82, 2.24) is 14.9 Å². The summed E-state index contributed by atoms with van der Waals surface area (Å²) in [5.41, 5.74) is 6.33. The summed E-state index contributed by atoms with van der Waals surface area (Å²) in [6.45, 7) is 0.986. The van der Waals surface area contributed by atoms with Crippen LogP contribution in [-0.4, -0.2) is 53.1 Å². The van der Waals surface area contributed by atoms with Gasteiger partial charge in [0.15, 0.2) is 0 Å². The van der Waals surface area contributed by atoms with E-state index >= 15 is 0 Å². The maximum atomic E-state index is 12.0. The number of nitrogens with two attached hydrogens (primary N) is 1. The van der Waals surface area contributed by atoms with Gasteiger partial charge in [0, 0.05) is 29.7 Å². The summed E-state index contributed by atoms with van der Waals surface area (Å²) >= 11 is 1.42. The van der Waals surface area contributed by atoms with Gasteiger partial charge in [0.2, 0.25) is 0 Å². The van der Waals surface area contributed by atoms with E-state index in [9.17, 15) is 13.2 Å². The molecule has 1 atom stereocenters. The predicted octanol–water partition coefficient (Wildman–Crippen LogP) is -0.161. The highest BCUT2D eigenvalue weighted by molar-refractivity contribution is 7.80. The Bertz CT molecular complexity index is 713. The van der Waals surface area contributed by atoms with E-state index in [1.807, 2.05) is 0 Å². The normalized spacial score (nSPS) is 21.9. The number of thiazole rings is 1. The summed E-state index contributed by atoms with van der Waals surface area (Å²) in [6, 6.07) is -1.20. The molecule has 9 nitrogen and oxygen atoms in total. The van der Waals surface area contributed by atoms with Crippen LogP contribution in [0.1, 0.15) is 9.88 Å². The first-order valence-electron chi connectivity index (χ1n) is 5.98. The molecule has 2 amide bonds. The van der Waals surface area contributed by atoms with Crippen molar-refractivity contribution in [2.24, 2.45) is 5.73 Å². The molecule has 2 bridgehead atoms. The summed E-state index contributed by atoms with van der Waals surface area (Å²) in [5, 5.41) is 1.38. The molecule has 114 valence electrons. The average Bonchev–Trinajstić information content (AvgIpc) is 2.97. The zero-order valence-corrected chi connectivity index (χ0v) is 12.3. The molecule has 1 aromatic heterocycles. The van der Waals surface area contributed by atoms with Gasteiger partial charge >= 0.3 is 16.4 Å². The molecule has 1 unspecified atom stereocenters. The molecule has 1 saturated heterocycles. The number of hydroxylamine groups is 2. The maximum Gasteiger partial charge on any atom is 0.418 e. The molecule has 1 fully saturated rings. The number of amides is 2. The fourth-order valence-electron chi connectivity index (χ4n) is 2.28. The summed E-state index contributed by atoms with van der Waals surface area (Å²) in [6.07, 6.45) is 3.38. The van der Waals surface area contributed by atoms with Gasteiger partial charge in [-0.25, -0.2) is 9.78 Å². The molecule has 0 aromatic carbocycles. The largest absolute Gasteiger partial charge is 0.418 e. The number of hydrogen-bond acceptors (Lipinski definition) is 7. The first-order chi connectivity index (χ1) is 9.87. The first-order valence-corrected chi connectivity index (χ1v) is 8.16. The van der Waals surface area contributed by atoms with Crippen molar-refractivity contribution >= 4 is 33.3 Å². The summed E-state index contributed by atoms with van der Waals surface area (Å²) in [5.74, 6) is 0. The number of fused-ring (bicyclic) bond motifs is 2. The second kappa shape index (κ2) is 5.03. The summed E-state index contributed by atoms with van der Waals surface area (Å²) < 4.78 is 34.6.